The number of rotatable bonds is 10. The maximum absolute atomic E-state index is 8.75. The lowest BCUT2D eigenvalue weighted by molar-refractivity contribution is -0.00423. The molecule has 2 aromatic carbocycles. The molecule has 0 amide bonds. The number of hydrogen-bond donors (Lipinski definition) is 1. The summed E-state index contributed by atoms with van der Waals surface area (Å²) < 4.78 is 23.8. The van der Waals surface area contributed by atoms with Crippen molar-refractivity contribution in [2.75, 3.05) is 40.0 Å². The first-order valence-electron chi connectivity index (χ1n) is 12.6. The van der Waals surface area contributed by atoms with Gasteiger partial charge in [-0.25, -0.2) is 9.97 Å². The van der Waals surface area contributed by atoms with Gasteiger partial charge in [0.2, 0.25) is 5.88 Å². The number of H-pyrrole nitrogens is 1. The first kappa shape index (κ1) is 24.8. The van der Waals surface area contributed by atoms with Gasteiger partial charge in [-0.2, -0.15) is 5.26 Å². The van der Waals surface area contributed by atoms with Gasteiger partial charge in [-0.3, -0.25) is 0 Å². The lowest BCUT2D eigenvalue weighted by Gasteiger charge is -2.31. The Labute approximate surface area is 215 Å². The second kappa shape index (κ2) is 11.5. The number of aryl methyl sites for hydroxylation is 1. The summed E-state index contributed by atoms with van der Waals surface area (Å²) in [5.74, 6) is 2.32. The Morgan fingerprint density at radius 3 is 2.76 bits per heavy atom. The van der Waals surface area contributed by atoms with Gasteiger partial charge < -0.3 is 28.8 Å². The zero-order chi connectivity index (χ0) is 25.6. The number of nitrogens with one attached hydrogen (secondary N) is 1. The van der Waals surface area contributed by atoms with Crippen LogP contribution in [-0.4, -0.2) is 65.9 Å². The molecule has 0 saturated carbocycles. The van der Waals surface area contributed by atoms with Gasteiger partial charge in [-0.1, -0.05) is 0 Å². The number of fused-ring (bicyclic) bond motifs is 2. The van der Waals surface area contributed by atoms with Crippen molar-refractivity contribution in [2.24, 2.45) is 0 Å². The fourth-order valence-electron chi connectivity index (χ4n) is 4.70. The lowest BCUT2D eigenvalue weighted by atomic mass is 10.1. The smallest absolute Gasteiger partial charge is 0.230 e. The topological polar surface area (TPSA) is 106 Å². The molecule has 192 valence electrons. The molecule has 0 aliphatic carbocycles. The Kier molecular flexibility index (Phi) is 7.68. The largest absolute Gasteiger partial charge is 0.493 e. The molecule has 9 nitrogen and oxygen atoms in total. The number of nitrogens with zero attached hydrogens (tertiary/aromatic N) is 4. The quantitative estimate of drug-likeness (QED) is 0.303. The molecule has 1 aliphatic heterocycles. The molecule has 0 unspecified atom stereocenters. The van der Waals surface area contributed by atoms with Crippen molar-refractivity contribution in [3.8, 4) is 29.2 Å². The van der Waals surface area contributed by atoms with Crippen LogP contribution in [0.4, 0.5) is 0 Å². The summed E-state index contributed by atoms with van der Waals surface area (Å²) in [7, 11) is 1.61. The second-order valence-corrected chi connectivity index (χ2v) is 9.17. The first-order valence-corrected chi connectivity index (χ1v) is 12.6. The van der Waals surface area contributed by atoms with E-state index in [4.69, 9.17) is 24.2 Å². The number of nitriles is 1. The third kappa shape index (κ3) is 5.93. The Morgan fingerprint density at radius 2 is 1.95 bits per heavy atom. The first-order chi connectivity index (χ1) is 18.1. The highest BCUT2D eigenvalue weighted by Crippen LogP contribution is 2.36. The van der Waals surface area contributed by atoms with E-state index in [2.05, 4.69) is 32.0 Å². The van der Waals surface area contributed by atoms with Gasteiger partial charge in [0.25, 0.3) is 0 Å². The highest BCUT2D eigenvalue weighted by Gasteiger charge is 2.19. The summed E-state index contributed by atoms with van der Waals surface area (Å²) in [5, 5.41) is 10.6. The van der Waals surface area contributed by atoms with Gasteiger partial charge in [0.15, 0.2) is 11.5 Å². The van der Waals surface area contributed by atoms with E-state index in [0.29, 0.717) is 48.3 Å². The Hall–Kier alpha value is -3.87. The van der Waals surface area contributed by atoms with Crippen LogP contribution in [0.25, 0.3) is 21.8 Å². The van der Waals surface area contributed by atoms with Gasteiger partial charge in [0.05, 0.1) is 36.8 Å². The maximum Gasteiger partial charge on any atom is 0.230 e. The second-order valence-electron chi connectivity index (χ2n) is 9.17. The summed E-state index contributed by atoms with van der Waals surface area (Å²) in [5.41, 5.74) is 2.86. The van der Waals surface area contributed by atoms with Crippen molar-refractivity contribution in [1.82, 2.24) is 19.9 Å². The number of likely N-dealkylation sites (tertiary alicyclic amines) is 1. The average Bonchev–Trinajstić information content (AvgIpc) is 3.29. The van der Waals surface area contributed by atoms with Crippen LogP contribution in [0.2, 0.25) is 0 Å². The molecular weight excluding hydrogens is 470 g/mol. The fraction of sp³-hybridized carbons (Fsp3) is 0.393. The summed E-state index contributed by atoms with van der Waals surface area (Å²) in [6.45, 7) is 5.69. The molecule has 0 atom stereocenters. The molecule has 0 radical (unpaired) electrons. The third-order valence-electron chi connectivity index (χ3n) is 6.59. The maximum atomic E-state index is 8.75. The minimum Gasteiger partial charge on any atom is -0.493 e. The molecule has 0 bridgehead atoms. The predicted octanol–water partition coefficient (Wildman–Crippen LogP) is 4.99. The summed E-state index contributed by atoms with van der Waals surface area (Å²) in [4.78, 5) is 14.4. The summed E-state index contributed by atoms with van der Waals surface area (Å²) in [6.07, 6.45) is 4.23. The third-order valence-corrected chi connectivity index (χ3v) is 6.59. The van der Waals surface area contributed by atoms with Crippen molar-refractivity contribution >= 4 is 21.8 Å². The molecule has 4 aromatic rings. The minimum atomic E-state index is 0.224. The number of piperidine rings is 1. The van der Waals surface area contributed by atoms with Crippen LogP contribution in [0.15, 0.2) is 42.7 Å². The monoisotopic (exact) mass is 501 g/mol. The minimum absolute atomic E-state index is 0.224. The zero-order valence-corrected chi connectivity index (χ0v) is 21.2. The molecule has 0 spiro atoms. The molecular formula is C28H31N5O4. The van der Waals surface area contributed by atoms with E-state index in [0.717, 1.165) is 54.5 Å². The Bertz CT molecular complexity index is 1410. The predicted molar refractivity (Wildman–Crippen MR) is 140 cm³/mol. The lowest BCUT2D eigenvalue weighted by Crippen LogP contribution is -2.37. The molecule has 1 fully saturated rings. The van der Waals surface area contributed by atoms with E-state index in [9.17, 15) is 0 Å². The Morgan fingerprint density at radius 1 is 1.08 bits per heavy atom. The molecule has 2 aromatic heterocycles. The Balaban J connectivity index is 1.22. The number of aromatic nitrogens is 3. The fourth-order valence-corrected chi connectivity index (χ4v) is 4.70. The van der Waals surface area contributed by atoms with E-state index in [1.54, 1.807) is 7.11 Å². The van der Waals surface area contributed by atoms with Crippen molar-refractivity contribution in [3.05, 3.63) is 48.4 Å². The van der Waals surface area contributed by atoms with Crippen LogP contribution in [0.3, 0.4) is 0 Å². The van der Waals surface area contributed by atoms with Crippen LogP contribution in [0.1, 0.15) is 25.0 Å². The van der Waals surface area contributed by atoms with Crippen LogP contribution < -0.4 is 14.2 Å². The van der Waals surface area contributed by atoms with E-state index >= 15 is 0 Å². The molecule has 3 heterocycles. The van der Waals surface area contributed by atoms with Crippen LogP contribution >= 0.6 is 0 Å². The van der Waals surface area contributed by atoms with Gasteiger partial charge in [0.1, 0.15) is 18.7 Å². The van der Waals surface area contributed by atoms with Crippen molar-refractivity contribution < 1.29 is 18.9 Å². The molecule has 1 N–H and O–H groups in total. The number of methoxy groups -OCH3 is 1. The van der Waals surface area contributed by atoms with Crippen molar-refractivity contribution in [2.45, 2.75) is 32.3 Å². The van der Waals surface area contributed by atoms with E-state index in [1.165, 1.54) is 6.33 Å². The van der Waals surface area contributed by atoms with E-state index in [1.807, 2.05) is 37.3 Å². The van der Waals surface area contributed by atoms with E-state index in [-0.39, 0.29) is 6.10 Å². The van der Waals surface area contributed by atoms with Gasteiger partial charge in [0, 0.05) is 48.7 Å². The van der Waals surface area contributed by atoms with Crippen LogP contribution in [0, 0.1) is 18.3 Å². The number of hydrogen-bond acceptors (Lipinski definition) is 8. The normalized spacial score (nSPS) is 14.6. The molecule has 5 rings (SSSR count). The van der Waals surface area contributed by atoms with Gasteiger partial charge in [-0.15, -0.1) is 0 Å². The van der Waals surface area contributed by atoms with Gasteiger partial charge in [-0.05, 0) is 50.1 Å². The number of ether oxygens (including phenoxy) is 4. The van der Waals surface area contributed by atoms with Crippen molar-refractivity contribution in [1.29, 1.82) is 5.26 Å². The molecule has 9 heteroatoms. The van der Waals surface area contributed by atoms with E-state index < -0.39 is 0 Å². The van der Waals surface area contributed by atoms with Crippen molar-refractivity contribution in [3.63, 3.8) is 0 Å². The number of benzene rings is 2. The zero-order valence-electron chi connectivity index (χ0n) is 21.2. The van der Waals surface area contributed by atoms with Crippen LogP contribution in [-0.2, 0) is 4.74 Å². The highest BCUT2D eigenvalue weighted by molar-refractivity contribution is 5.87. The SMILES string of the molecule is COc1cc2c(Oc3ccc4[nH]c(C)cc4c3)ncnc2cc1OCCOC1CCN(CCC#N)CC1. The highest BCUT2D eigenvalue weighted by atomic mass is 16.5. The standard InChI is InChI=1S/C28H31N5O4/c1-19-14-20-15-22(4-5-24(20)32-19)37-28-23-16-26(34-2)27(17-25(23)30-18-31-28)36-13-12-35-21-6-10-33(11-7-21)9-3-8-29/h4-5,14-18,21,32H,3,6-7,9-13H2,1-2H3. The number of aromatic amines is 1. The summed E-state index contributed by atoms with van der Waals surface area (Å²) in [6, 6.07) is 13.9. The molecule has 37 heavy (non-hydrogen) atoms. The molecule has 1 saturated heterocycles. The van der Waals surface area contributed by atoms with Gasteiger partial charge >= 0.3 is 0 Å². The van der Waals surface area contributed by atoms with Crippen LogP contribution in [0.5, 0.6) is 23.1 Å². The molecule has 1 aliphatic rings. The average molecular weight is 502 g/mol. The summed E-state index contributed by atoms with van der Waals surface area (Å²) >= 11 is 0.